The summed E-state index contributed by atoms with van der Waals surface area (Å²) in [5.41, 5.74) is 0. The number of allylic oxidation sites excluding steroid dienone is 2. The predicted octanol–water partition coefficient (Wildman–Crippen LogP) is 6.22. The number of phosphoric ester groups is 1. The average molecular weight is 477 g/mol. The molecule has 0 aliphatic carbocycles. The molecule has 0 aromatic carbocycles. The van der Waals surface area contributed by atoms with Gasteiger partial charge in [-0.2, -0.15) is 0 Å². The highest BCUT2D eigenvalue weighted by atomic mass is 31.2. The SMILES string of the molecule is CCCCCCCC/C=C/CCCCCCCC(=O)O[C@@H]1[C@@H](C)OCC[C@H]1OP(=O)(O)O. The predicted molar refractivity (Wildman–Crippen MR) is 126 cm³/mol. The van der Waals surface area contributed by atoms with Crippen LogP contribution in [-0.2, 0) is 23.4 Å². The van der Waals surface area contributed by atoms with Crippen molar-refractivity contribution in [3.63, 3.8) is 0 Å². The van der Waals surface area contributed by atoms with Crippen molar-refractivity contribution in [3.8, 4) is 0 Å². The summed E-state index contributed by atoms with van der Waals surface area (Å²) in [5.74, 6) is -0.371. The minimum absolute atomic E-state index is 0.279. The summed E-state index contributed by atoms with van der Waals surface area (Å²) in [6.45, 7) is 4.28. The zero-order chi connectivity index (χ0) is 23.7. The molecule has 0 aromatic rings. The van der Waals surface area contributed by atoms with E-state index in [9.17, 15) is 9.36 Å². The monoisotopic (exact) mass is 476 g/mol. The number of carbonyl (C=O) groups excluding carboxylic acids is 1. The maximum Gasteiger partial charge on any atom is 0.469 e. The van der Waals surface area contributed by atoms with Crippen LogP contribution in [0.4, 0.5) is 0 Å². The van der Waals surface area contributed by atoms with Crippen LogP contribution in [-0.4, -0.2) is 40.7 Å². The van der Waals surface area contributed by atoms with Crippen molar-refractivity contribution in [1.82, 2.24) is 0 Å². The molecule has 32 heavy (non-hydrogen) atoms. The Balaban J connectivity index is 2.05. The lowest BCUT2D eigenvalue weighted by Crippen LogP contribution is -2.46. The van der Waals surface area contributed by atoms with E-state index in [-0.39, 0.29) is 12.4 Å². The summed E-state index contributed by atoms with van der Waals surface area (Å²) in [5, 5.41) is 0. The maximum absolute atomic E-state index is 12.2. The minimum Gasteiger partial charge on any atom is -0.457 e. The van der Waals surface area contributed by atoms with Crippen molar-refractivity contribution in [2.75, 3.05) is 6.61 Å². The summed E-state index contributed by atoms with van der Waals surface area (Å²) in [6.07, 6.45) is 18.6. The fourth-order valence-electron chi connectivity index (χ4n) is 3.94. The third-order valence-electron chi connectivity index (χ3n) is 5.80. The van der Waals surface area contributed by atoms with Gasteiger partial charge in [0.15, 0.2) is 6.10 Å². The first-order valence-corrected chi connectivity index (χ1v) is 14.1. The minimum atomic E-state index is -4.65. The molecule has 1 fully saturated rings. The van der Waals surface area contributed by atoms with Crippen molar-refractivity contribution in [1.29, 1.82) is 0 Å². The highest BCUT2D eigenvalue weighted by Gasteiger charge is 2.39. The van der Waals surface area contributed by atoms with E-state index in [0.717, 1.165) is 32.1 Å². The molecule has 0 spiro atoms. The third kappa shape index (κ3) is 15.2. The lowest BCUT2D eigenvalue weighted by Gasteiger charge is -2.35. The van der Waals surface area contributed by atoms with Gasteiger partial charge in [0.1, 0.15) is 6.10 Å². The molecule has 0 radical (unpaired) electrons. The highest BCUT2D eigenvalue weighted by Crippen LogP contribution is 2.41. The molecule has 1 aliphatic rings. The Kier molecular flexibility index (Phi) is 16.2. The summed E-state index contributed by atoms with van der Waals surface area (Å²) in [7, 11) is -4.65. The van der Waals surface area contributed by atoms with Crippen molar-refractivity contribution < 1.29 is 33.1 Å². The van der Waals surface area contributed by atoms with Gasteiger partial charge < -0.3 is 19.3 Å². The molecule has 1 heterocycles. The number of unbranched alkanes of at least 4 members (excludes halogenated alkanes) is 11. The van der Waals surface area contributed by atoms with Crippen LogP contribution in [0.5, 0.6) is 0 Å². The lowest BCUT2D eigenvalue weighted by atomic mass is 10.0. The van der Waals surface area contributed by atoms with Crippen LogP contribution in [0, 0.1) is 0 Å². The van der Waals surface area contributed by atoms with Gasteiger partial charge in [0.25, 0.3) is 0 Å². The number of phosphoric acid groups is 1. The van der Waals surface area contributed by atoms with Crippen molar-refractivity contribution in [3.05, 3.63) is 12.2 Å². The second-order valence-corrected chi connectivity index (χ2v) is 9.98. The van der Waals surface area contributed by atoms with E-state index in [4.69, 9.17) is 23.8 Å². The molecular weight excluding hydrogens is 431 g/mol. The molecule has 1 rings (SSSR count). The average Bonchev–Trinajstić information content (AvgIpc) is 2.72. The number of carbonyl (C=O) groups is 1. The van der Waals surface area contributed by atoms with Gasteiger partial charge in [-0.25, -0.2) is 4.57 Å². The molecule has 188 valence electrons. The van der Waals surface area contributed by atoms with E-state index < -0.39 is 26.1 Å². The van der Waals surface area contributed by atoms with E-state index in [1.165, 1.54) is 51.4 Å². The molecule has 0 aromatic heterocycles. The third-order valence-corrected chi connectivity index (χ3v) is 6.34. The zero-order valence-electron chi connectivity index (χ0n) is 20.1. The van der Waals surface area contributed by atoms with Gasteiger partial charge in [-0.1, -0.05) is 70.4 Å². The Morgan fingerprint density at radius 1 is 0.969 bits per heavy atom. The maximum atomic E-state index is 12.2. The molecule has 1 aliphatic heterocycles. The molecule has 2 N–H and O–H groups in total. The van der Waals surface area contributed by atoms with E-state index in [2.05, 4.69) is 19.1 Å². The normalized spacial score (nSPS) is 21.8. The van der Waals surface area contributed by atoms with Gasteiger partial charge >= 0.3 is 13.8 Å². The molecule has 3 atom stereocenters. The number of hydrogen-bond acceptors (Lipinski definition) is 5. The Morgan fingerprint density at radius 2 is 1.53 bits per heavy atom. The van der Waals surface area contributed by atoms with Gasteiger partial charge in [-0.3, -0.25) is 9.32 Å². The summed E-state index contributed by atoms with van der Waals surface area (Å²) < 4.78 is 26.8. The van der Waals surface area contributed by atoms with E-state index in [1.54, 1.807) is 6.92 Å². The van der Waals surface area contributed by atoms with Crippen molar-refractivity contribution in [2.45, 2.75) is 128 Å². The Morgan fingerprint density at radius 3 is 2.12 bits per heavy atom. The van der Waals surface area contributed by atoms with E-state index in [0.29, 0.717) is 13.0 Å². The fourth-order valence-corrected chi connectivity index (χ4v) is 4.52. The van der Waals surface area contributed by atoms with E-state index >= 15 is 0 Å². The fraction of sp³-hybridized carbons (Fsp3) is 0.875. The highest BCUT2D eigenvalue weighted by molar-refractivity contribution is 7.46. The summed E-state index contributed by atoms with van der Waals surface area (Å²) in [6, 6.07) is 0. The van der Waals surface area contributed by atoms with Crippen LogP contribution in [0.15, 0.2) is 12.2 Å². The smallest absolute Gasteiger partial charge is 0.457 e. The summed E-state index contributed by atoms with van der Waals surface area (Å²) in [4.78, 5) is 30.3. The molecular formula is C24H45O7P. The Hall–Kier alpha value is -0.720. The molecule has 0 saturated carbocycles. The molecule has 8 heteroatoms. The van der Waals surface area contributed by atoms with Crippen LogP contribution in [0.2, 0.25) is 0 Å². The second-order valence-electron chi connectivity index (χ2n) is 8.79. The van der Waals surface area contributed by atoms with E-state index in [1.807, 2.05) is 0 Å². The van der Waals surface area contributed by atoms with Gasteiger partial charge in [0, 0.05) is 19.4 Å². The van der Waals surface area contributed by atoms with Crippen LogP contribution < -0.4 is 0 Å². The first-order chi connectivity index (χ1) is 15.3. The van der Waals surface area contributed by atoms with Crippen molar-refractivity contribution >= 4 is 13.8 Å². The van der Waals surface area contributed by atoms with Crippen molar-refractivity contribution in [2.24, 2.45) is 0 Å². The van der Waals surface area contributed by atoms with Gasteiger partial charge in [0.05, 0.1) is 6.10 Å². The molecule has 0 bridgehead atoms. The topological polar surface area (TPSA) is 102 Å². The number of ether oxygens (including phenoxy) is 2. The van der Waals surface area contributed by atoms with Crippen LogP contribution in [0.1, 0.15) is 110 Å². The number of esters is 1. The molecule has 0 unspecified atom stereocenters. The standard InChI is InChI=1S/C24H45O7P/c1-3-4-5-6-7-8-9-10-11-12-13-14-15-16-17-18-23(25)30-24-21(2)29-20-19-22(24)31-32(26,27)28/h10-11,21-22,24H,3-9,12-20H2,1-2H3,(H2,26,27,28)/b11-10+/t21-,22-,24-/m1/s1. The zero-order valence-corrected chi connectivity index (χ0v) is 21.0. The van der Waals surface area contributed by atoms with Crippen LogP contribution >= 0.6 is 7.82 Å². The molecule has 7 nitrogen and oxygen atoms in total. The van der Waals surface area contributed by atoms with Gasteiger partial charge in [-0.05, 0) is 39.0 Å². The first-order valence-electron chi connectivity index (χ1n) is 12.5. The number of hydrogen-bond donors (Lipinski definition) is 2. The number of rotatable bonds is 18. The lowest BCUT2D eigenvalue weighted by molar-refractivity contribution is -0.178. The Labute approximate surface area is 194 Å². The van der Waals surface area contributed by atoms with Gasteiger partial charge in [-0.15, -0.1) is 0 Å². The molecule has 1 saturated heterocycles. The second kappa shape index (κ2) is 17.7. The van der Waals surface area contributed by atoms with Crippen LogP contribution in [0.25, 0.3) is 0 Å². The van der Waals surface area contributed by atoms with Crippen LogP contribution in [0.3, 0.4) is 0 Å². The largest absolute Gasteiger partial charge is 0.469 e. The first kappa shape index (κ1) is 29.3. The quantitative estimate of drug-likeness (QED) is 0.105. The Bertz CT molecular complexity index is 561. The summed E-state index contributed by atoms with van der Waals surface area (Å²) >= 11 is 0. The molecule has 0 amide bonds. The van der Waals surface area contributed by atoms with Gasteiger partial charge in [0.2, 0.25) is 0 Å².